The number of rotatable bonds is 5. The zero-order valence-corrected chi connectivity index (χ0v) is 12.6. The van der Waals surface area contributed by atoms with Gasteiger partial charge in [-0.05, 0) is 50.4 Å². The third-order valence-electron chi connectivity index (χ3n) is 3.94. The van der Waals surface area contributed by atoms with E-state index in [9.17, 15) is 4.79 Å². The lowest BCUT2D eigenvalue weighted by molar-refractivity contribution is -0.116. The Balaban J connectivity index is 1.74. The van der Waals surface area contributed by atoms with Gasteiger partial charge in [0.1, 0.15) is 6.07 Å². The smallest absolute Gasteiger partial charge is 0.224 e. The van der Waals surface area contributed by atoms with E-state index >= 15 is 0 Å². The van der Waals surface area contributed by atoms with Gasteiger partial charge in [0.05, 0.1) is 11.3 Å². The molecular formula is C17H23N3O. The summed E-state index contributed by atoms with van der Waals surface area (Å²) in [5, 5.41) is 11.8. The lowest BCUT2D eigenvalue weighted by Crippen LogP contribution is -2.35. The summed E-state index contributed by atoms with van der Waals surface area (Å²) in [4.78, 5) is 14.4. The average molecular weight is 285 g/mol. The van der Waals surface area contributed by atoms with Crippen LogP contribution in [-0.4, -0.2) is 30.4 Å². The number of carbonyl (C=O) groups excluding carboxylic acids is 1. The quantitative estimate of drug-likeness (QED) is 0.904. The van der Waals surface area contributed by atoms with E-state index in [1.165, 1.54) is 12.8 Å². The van der Waals surface area contributed by atoms with Crippen LogP contribution in [0.3, 0.4) is 0 Å². The number of amides is 1. The minimum Gasteiger partial charge on any atom is -0.325 e. The number of hydrogen-bond acceptors (Lipinski definition) is 3. The SMILES string of the molecule is CC1CCCN(CCCC(=O)Nc2ccccc2C#N)C1. The van der Waals surface area contributed by atoms with E-state index in [2.05, 4.69) is 23.2 Å². The fourth-order valence-corrected chi connectivity index (χ4v) is 2.86. The first-order valence-corrected chi connectivity index (χ1v) is 7.70. The summed E-state index contributed by atoms with van der Waals surface area (Å²) in [5.74, 6) is 0.762. The Morgan fingerprint density at radius 1 is 1.48 bits per heavy atom. The summed E-state index contributed by atoms with van der Waals surface area (Å²) in [6, 6.07) is 9.19. The number of anilines is 1. The Morgan fingerprint density at radius 2 is 2.29 bits per heavy atom. The molecular weight excluding hydrogens is 262 g/mol. The van der Waals surface area contributed by atoms with Gasteiger partial charge in [0.2, 0.25) is 5.91 Å². The molecule has 1 saturated heterocycles. The average Bonchev–Trinajstić information content (AvgIpc) is 2.48. The van der Waals surface area contributed by atoms with Crippen LogP contribution < -0.4 is 5.32 Å². The first-order valence-electron chi connectivity index (χ1n) is 7.70. The van der Waals surface area contributed by atoms with Crippen molar-refractivity contribution in [2.24, 2.45) is 5.92 Å². The number of nitrogens with one attached hydrogen (secondary N) is 1. The molecule has 1 amide bonds. The highest BCUT2D eigenvalue weighted by Gasteiger charge is 2.16. The van der Waals surface area contributed by atoms with E-state index in [0.29, 0.717) is 17.7 Å². The Bertz CT molecular complexity index is 521. The van der Waals surface area contributed by atoms with E-state index in [1.807, 2.05) is 6.07 Å². The van der Waals surface area contributed by atoms with Gasteiger partial charge in [0.25, 0.3) is 0 Å². The summed E-state index contributed by atoms with van der Waals surface area (Å²) in [7, 11) is 0. The van der Waals surface area contributed by atoms with Crippen LogP contribution in [0.1, 0.15) is 38.2 Å². The van der Waals surface area contributed by atoms with Crippen molar-refractivity contribution in [3.05, 3.63) is 29.8 Å². The molecule has 1 N–H and O–H groups in total. The van der Waals surface area contributed by atoms with Crippen LogP contribution in [0.5, 0.6) is 0 Å². The highest BCUT2D eigenvalue weighted by atomic mass is 16.1. The zero-order chi connectivity index (χ0) is 15.1. The van der Waals surface area contributed by atoms with Gasteiger partial charge in [-0.15, -0.1) is 0 Å². The summed E-state index contributed by atoms with van der Waals surface area (Å²) in [6.07, 6.45) is 3.96. The van der Waals surface area contributed by atoms with Gasteiger partial charge in [-0.25, -0.2) is 0 Å². The molecule has 4 nitrogen and oxygen atoms in total. The van der Waals surface area contributed by atoms with Gasteiger partial charge in [-0.1, -0.05) is 19.1 Å². The van der Waals surface area contributed by atoms with Crippen molar-refractivity contribution in [2.45, 2.75) is 32.6 Å². The van der Waals surface area contributed by atoms with Crippen molar-refractivity contribution in [3.8, 4) is 6.07 Å². The molecule has 0 spiro atoms. The highest BCUT2D eigenvalue weighted by Crippen LogP contribution is 2.16. The molecule has 1 unspecified atom stereocenters. The molecule has 112 valence electrons. The minimum atomic E-state index is -0.0113. The Hall–Kier alpha value is -1.86. The number of hydrogen-bond donors (Lipinski definition) is 1. The molecule has 0 saturated carbocycles. The monoisotopic (exact) mass is 285 g/mol. The molecule has 4 heteroatoms. The van der Waals surface area contributed by atoms with Crippen LogP contribution in [0.25, 0.3) is 0 Å². The fourth-order valence-electron chi connectivity index (χ4n) is 2.86. The van der Waals surface area contributed by atoms with Gasteiger partial charge >= 0.3 is 0 Å². The first kappa shape index (κ1) is 15.5. The standard InChI is InChI=1S/C17H23N3O/c1-14-6-4-10-20(13-14)11-5-9-17(21)19-16-8-3-2-7-15(16)12-18/h2-3,7-8,14H,4-6,9-11,13H2,1H3,(H,19,21). The lowest BCUT2D eigenvalue weighted by Gasteiger charge is -2.30. The predicted octanol–water partition coefficient (Wildman–Crippen LogP) is 3.01. The van der Waals surface area contributed by atoms with Crippen LogP contribution in [0, 0.1) is 17.2 Å². The molecule has 1 aromatic carbocycles. The molecule has 0 aliphatic carbocycles. The van der Waals surface area contributed by atoms with Crippen molar-refractivity contribution in [2.75, 3.05) is 25.0 Å². The maximum Gasteiger partial charge on any atom is 0.224 e. The molecule has 0 bridgehead atoms. The minimum absolute atomic E-state index is 0.0113. The van der Waals surface area contributed by atoms with Gasteiger partial charge in [0.15, 0.2) is 0 Å². The number of benzene rings is 1. The van der Waals surface area contributed by atoms with Crippen LogP contribution in [0.4, 0.5) is 5.69 Å². The predicted molar refractivity (Wildman–Crippen MR) is 83.9 cm³/mol. The first-order chi connectivity index (χ1) is 10.2. The summed E-state index contributed by atoms with van der Waals surface area (Å²) in [6.45, 7) is 5.58. The Kier molecular flexibility index (Phi) is 5.77. The molecule has 2 rings (SSSR count). The summed E-state index contributed by atoms with van der Waals surface area (Å²) >= 11 is 0. The van der Waals surface area contributed by atoms with Gasteiger partial charge in [0, 0.05) is 13.0 Å². The summed E-state index contributed by atoms with van der Waals surface area (Å²) in [5.41, 5.74) is 1.12. The molecule has 1 atom stereocenters. The van der Waals surface area contributed by atoms with Crippen LogP contribution in [0.2, 0.25) is 0 Å². The van der Waals surface area contributed by atoms with Gasteiger partial charge < -0.3 is 10.2 Å². The molecule has 1 aliphatic heterocycles. The number of para-hydroxylation sites is 1. The maximum atomic E-state index is 11.9. The Labute approximate surface area is 126 Å². The molecule has 1 aromatic rings. The van der Waals surface area contributed by atoms with Gasteiger partial charge in [-0.3, -0.25) is 4.79 Å². The third kappa shape index (κ3) is 4.87. The normalized spacial score (nSPS) is 19.0. The van der Waals surface area contributed by atoms with Crippen LogP contribution in [0.15, 0.2) is 24.3 Å². The van der Waals surface area contributed by atoms with E-state index in [-0.39, 0.29) is 5.91 Å². The molecule has 0 aromatic heterocycles. The Morgan fingerprint density at radius 3 is 3.05 bits per heavy atom. The molecule has 1 heterocycles. The van der Waals surface area contributed by atoms with E-state index in [0.717, 1.165) is 32.0 Å². The second-order valence-corrected chi connectivity index (χ2v) is 5.86. The summed E-state index contributed by atoms with van der Waals surface area (Å²) < 4.78 is 0. The number of nitriles is 1. The largest absolute Gasteiger partial charge is 0.325 e. The topological polar surface area (TPSA) is 56.1 Å². The molecule has 1 aliphatic rings. The molecule has 21 heavy (non-hydrogen) atoms. The van der Waals surface area contributed by atoms with Crippen molar-refractivity contribution in [1.29, 1.82) is 5.26 Å². The van der Waals surface area contributed by atoms with Gasteiger partial charge in [-0.2, -0.15) is 5.26 Å². The van der Waals surface area contributed by atoms with Crippen molar-refractivity contribution in [1.82, 2.24) is 4.90 Å². The second kappa shape index (κ2) is 7.80. The zero-order valence-electron chi connectivity index (χ0n) is 12.6. The third-order valence-corrected chi connectivity index (χ3v) is 3.94. The van der Waals surface area contributed by atoms with Crippen LogP contribution >= 0.6 is 0 Å². The number of likely N-dealkylation sites (tertiary alicyclic amines) is 1. The van der Waals surface area contributed by atoms with Crippen molar-refractivity contribution >= 4 is 11.6 Å². The maximum absolute atomic E-state index is 11.9. The van der Waals surface area contributed by atoms with E-state index < -0.39 is 0 Å². The van der Waals surface area contributed by atoms with E-state index in [1.54, 1.807) is 18.2 Å². The van der Waals surface area contributed by atoms with Crippen molar-refractivity contribution < 1.29 is 4.79 Å². The van der Waals surface area contributed by atoms with Crippen molar-refractivity contribution in [3.63, 3.8) is 0 Å². The fraction of sp³-hybridized carbons (Fsp3) is 0.529. The number of carbonyl (C=O) groups is 1. The van der Waals surface area contributed by atoms with E-state index in [4.69, 9.17) is 5.26 Å². The van der Waals surface area contributed by atoms with Crippen LogP contribution in [-0.2, 0) is 4.79 Å². The number of piperidine rings is 1. The lowest BCUT2D eigenvalue weighted by atomic mass is 10.0. The second-order valence-electron chi connectivity index (χ2n) is 5.86. The molecule has 0 radical (unpaired) electrons. The highest BCUT2D eigenvalue weighted by molar-refractivity contribution is 5.92. The number of nitrogens with zero attached hydrogens (tertiary/aromatic N) is 2. The molecule has 1 fully saturated rings.